The fourth-order valence-corrected chi connectivity index (χ4v) is 3.85. The van der Waals surface area contributed by atoms with Crippen LogP contribution in [0.5, 0.6) is 0 Å². The summed E-state index contributed by atoms with van der Waals surface area (Å²) in [4.78, 5) is 4.13. The molecule has 0 amide bonds. The molecule has 0 aliphatic carbocycles. The molecule has 5 heteroatoms. The molecule has 0 aliphatic rings. The highest BCUT2D eigenvalue weighted by Crippen LogP contribution is 2.31. The zero-order chi connectivity index (χ0) is 18.5. The van der Waals surface area contributed by atoms with Crippen LogP contribution in [-0.4, -0.2) is 16.2 Å². The molecule has 2 aromatic carbocycles. The topological polar surface area (TPSA) is 33.1 Å². The summed E-state index contributed by atoms with van der Waals surface area (Å²) in [5.74, 6) is -0.132. The minimum atomic E-state index is -0.586. The van der Waals surface area contributed by atoms with E-state index in [1.54, 1.807) is 18.5 Å². The third-order valence-corrected chi connectivity index (χ3v) is 5.28. The molecular weight excluding hydrogens is 433 g/mol. The number of benzene rings is 2. The fourth-order valence-electron chi connectivity index (χ4n) is 3.04. The lowest BCUT2D eigenvalue weighted by Gasteiger charge is -2.24. The van der Waals surface area contributed by atoms with E-state index in [2.05, 4.69) is 33.0 Å². The molecule has 0 radical (unpaired) electrons. The van der Waals surface area contributed by atoms with E-state index in [1.165, 1.54) is 0 Å². The number of hydrogen-bond acceptors (Lipinski definition) is 2. The van der Waals surface area contributed by atoms with Crippen LogP contribution < -0.4 is 0 Å². The molecule has 2 atom stereocenters. The summed E-state index contributed by atoms with van der Waals surface area (Å²) in [5.41, 5.74) is 3.07. The van der Waals surface area contributed by atoms with Gasteiger partial charge in [-0.1, -0.05) is 57.3 Å². The summed E-state index contributed by atoms with van der Waals surface area (Å²) in [6.07, 6.45) is 4.12. The highest BCUT2D eigenvalue weighted by molar-refractivity contribution is 9.10. The van der Waals surface area contributed by atoms with E-state index in [4.69, 9.17) is 23.2 Å². The molecule has 134 valence electrons. The molecule has 1 N–H and O–H groups in total. The van der Waals surface area contributed by atoms with Crippen LogP contribution in [0, 0.1) is 0 Å². The monoisotopic (exact) mass is 449 g/mol. The van der Waals surface area contributed by atoms with Gasteiger partial charge in [0.25, 0.3) is 0 Å². The van der Waals surface area contributed by atoms with Crippen molar-refractivity contribution in [2.75, 3.05) is 0 Å². The largest absolute Gasteiger partial charge is 0.392 e. The number of halogens is 3. The number of nitrogens with zero attached hydrogens (tertiary/aromatic N) is 1. The molecule has 0 saturated carbocycles. The van der Waals surface area contributed by atoms with Gasteiger partial charge in [0.05, 0.1) is 6.10 Å². The van der Waals surface area contributed by atoms with Gasteiger partial charge in [-0.3, -0.25) is 4.98 Å². The van der Waals surface area contributed by atoms with Crippen molar-refractivity contribution in [3.63, 3.8) is 0 Å². The van der Waals surface area contributed by atoms with Gasteiger partial charge in [0, 0.05) is 39.3 Å². The van der Waals surface area contributed by atoms with E-state index < -0.39 is 6.10 Å². The van der Waals surface area contributed by atoms with Gasteiger partial charge in [-0.25, -0.2) is 0 Å². The van der Waals surface area contributed by atoms with Crippen LogP contribution in [0.1, 0.15) is 22.6 Å². The maximum absolute atomic E-state index is 11.0. The Balaban J connectivity index is 1.90. The zero-order valence-corrected chi connectivity index (χ0v) is 17.0. The molecule has 1 aromatic heterocycles. The van der Waals surface area contributed by atoms with Crippen molar-refractivity contribution in [1.82, 2.24) is 4.98 Å². The number of aromatic nitrogens is 1. The number of aliphatic hydroxyl groups is 1. The lowest BCUT2D eigenvalue weighted by molar-refractivity contribution is 0.142. The van der Waals surface area contributed by atoms with Crippen LogP contribution in [0.4, 0.5) is 0 Å². The zero-order valence-electron chi connectivity index (χ0n) is 13.9. The van der Waals surface area contributed by atoms with Crippen molar-refractivity contribution in [2.45, 2.75) is 24.9 Å². The molecule has 0 fully saturated rings. The Labute approximate surface area is 171 Å². The average Bonchev–Trinajstić information content (AvgIpc) is 2.61. The summed E-state index contributed by atoms with van der Waals surface area (Å²) in [6, 6.07) is 17.4. The van der Waals surface area contributed by atoms with E-state index >= 15 is 0 Å². The van der Waals surface area contributed by atoms with Crippen LogP contribution >= 0.6 is 39.1 Å². The lowest BCUT2D eigenvalue weighted by Crippen LogP contribution is -2.23. The molecule has 1 heterocycles. The van der Waals surface area contributed by atoms with Crippen LogP contribution in [0.15, 0.2) is 71.5 Å². The predicted molar refractivity (Wildman–Crippen MR) is 111 cm³/mol. The van der Waals surface area contributed by atoms with E-state index in [9.17, 15) is 5.11 Å². The molecule has 0 aliphatic heterocycles. The molecule has 0 saturated heterocycles. The maximum atomic E-state index is 11.0. The second kappa shape index (κ2) is 9.01. The van der Waals surface area contributed by atoms with Crippen LogP contribution in [-0.2, 0) is 12.8 Å². The minimum Gasteiger partial charge on any atom is -0.392 e. The normalized spacial score (nSPS) is 13.4. The number of rotatable bonds is 6. The van der Waals surface area contributed by atoms with Gasteiger partial charge in [0.15, 0.2) is 0 Å². The number of pyridine rings is 1. The molecule has 26 heavy (non-hydrogen) atoms. The van der Waals surface area contributed by atoms with Crippen LogP contribution in [0.3, 0.4) is 0 Å². The standard InChI is InChI=1S/C21H18BrCl2NO/c22-17-5-3-14(4-6-17)8-20(16-10-18(23)12-19(24)11-16)21(26)9-15-2-1-7-25-13-15/h1-7,10-13,20-21,26H,8-9H2/t20-,21+/m1/s1. The first-order chi connectivity index (χ1) is 12.5. The van der Waals surface area contributed by atoms with E-state index in [0.29, 0.717) is 22.9 Å². The molecule has 0 spiro atoms. The fraction of sp³-hybridized carbons (Fsp3) is 0.190. The Bertz CT molecular complexity index is 835. The van der Waals surface area contributed by atoms with E-state index in [0.717, 1.165) is 21.2 Å². The Kier molecular flexibility index (Phi) is 6.71. The van der Waals surface area contributed by atoms with Crippen molar-refractivity contribution in [3.8, 4) is 0 Å². The Morgan fingerprint density at radius 1 is 0.923 bits per heavy atom. The number of hydrogen-bond donors (Lipinski definition) is 1. The predicted octanol–water partition coefficient (Wildman–Crippen LogP) is 6.08. The summed E-state index contributed by atoms with van der Waals surface area (Å²) in [7, 11) is 0. The smallest absolute Gasteiger partial charge is 0.0652 e. The first-order valence-corrected chi connectivity index (χ1v) is 9.83. The minimum absolute atomic E-state index is 0.132. The van der Waals surface area contributed by atoms with Crippen molar-refractivity contribution >= 4 is 39.1 Å². The first-order valence-electron chi connectivity index (χ1n) is 8.28. The van der Waals surface area contributed by atoms with Crippen LogP contribution in [0.2, 0.25) is 10.0 Å². The Morgan fingerprint density at radius 3 is 2.23 bits per heavy atom. The van der Waals surface area contributed by atoms with E-state index in [1.807, 2.05) is 36.4 Å². The van der Waals surface area contributed by atoms with Gasteiger partial charge in [-0.05, 0) is 59.5 Å². The molecule has 2 nitrogen and oxygen atoms in total. The molecule has 0 unspecified atom stereocenters. The second-order valence-corrected chi connectivity index (χ2v) is 8.06. The molecule has 3 aromatic rings. The highest BCUT2D eigenvalue weighted by Gasteiger charge is 2.23. The summed E-state index contributed by atoms with van der Waals surface area (Å²) in [6.45, 7) is 0. The second-order valence-electron chi connectivity index (χ2n) is 6.27. The summed E-state index contributed by atoms with van der Waals surface area (Å²) >= 11 is 15.9. The summed E-state index contributed by atoms with van der Waals surface area (Å²) < 4.78 is 1.03. The van der Waals surface area contributed by atoms with Crippen molar-refractivity contribution < 1.29 is 5.11 Å². The lowest BCUT2D eigenvalue weighted by atomic mass is 9.85. The molecule has 0 bridgehead atoms. The maximum Gasteiger partial charge on any atom is 0.0652 e. The van der Waals surface area contributed by atoms with Gasteiger partial charge in [0.1, 0.15) is 0 Å². The first kappa shape index (κ1) is 19.4. The van der Waals surface area contributed by atoms with Crippen LogP contribution in [0.25, 0.3) is 0 Å². The quantitative estimate of drug-likeness (QED) is 0.493. The van der Waals surface area contributed by atoms with Gasteiger partial charge in [-0.15, -0.1) is 0 Å². The number of aliphatic hydroxyl groups excluding tert-OH is 1. The molecule has 3 rings (SSSR count). The Morgan fingerprint density at radius 2 is 1.62 bits per heavy atom. The van der Waals surface area contributed by atoms with E-state index in [-0.39, 0.29) is 5.92 Å². The SMILES string of the molecule is O[C@@H](Cc1cccnc1)[C@H](Cc1ccc(Br)cc1)c1cc(Cl)cc(Cl)c1. The van der Waals surface area contributed by atoms with Gasteiger partial charge in [-0.2, -0.15) is 0 Å². The highest BCUT2D eigenvalue weighted by atomic mass is 79.9. The average molecular weight is 451 g/mol. The van der Waals surface area contributed by atoms with Crippen molar-refractivity contribution in [3.05, 3.63) is 98.2 Å². The third kappa shape index (κ3) is 5.31. The van der Waals surface area contributed by atoms with Crippen molar-refractivity contribution in [1.29, 1.82) is 0 Å². The molecular formula is C21H18BrCl2NO. The Hall–Kier alpha value is -1.39. The van der Waals surface area contributed by atoms with Crippen molar-refractivity contribution in [2.24, 2.45) is 0 Å². The third-order valence-electron chi connectivity index (χ3n) is 4.31. The van der Waals surface area contributed by atoms with Gasteiger partial charge >= 0.3 is 0 Å². The van der Waals surface area contributed by atoms with Gasteiger partial charge in [0.2, 0.25) is 0 Å². The summed E-state index contributed by atoms with van der Waals surface area (Å²) in [5, 5.41) is 12.1. The van der Waals surface area contributed by atoms with Gasteiger partial charge < -0.3 is 5.11 Å².